The number of alkyl halides is 1. The highest BCUT2D eigenvalue weighted by molar-refractivity contribution is 5.38. The number of fused-ring (bicyclic) bond motifs is 2. The number of piperidine rings is 1. The summed E-state index contributed by atoms with van der Waals surface area (Å²) in [5, 5.41) is 3.33. The Morgan fingerprint density at radius 3 is 2.81 bits per heavy atom. The van der Waals surface area contributed by atoms with Gasteiger partial charge in [-0.3, -0.25) is 0 Å². The number of hydrogen-bond acceptors (Lipinski definition) is 2. The molecule has 2 heterocycles. The van der Waals surface area contributed by atoms with E-state index in [9.17, 15) is 4.39 Å². The molecule has 1 aromatic rings. The van der Waals surface area contributed by atoms with Crippen molar-refractivity contribution in [1.82, 2.24) is 5.32 Å². The van der Waals surface area contributed by atoms with Crippen LogP contribution in [-0.4, -0.2) is 19.8 Å². The summed E-state index contributed by atoms with van der Waals surface area (Å²) in [6.07, 6.45) is 1.54. The zero-order valence-corrected chi connectivity index (χ0v) is 9.21. The van der Waals surface area contributed by atoms with E-state index in [-0.39, 0.29) is 11.7 Å². The third-order valence-electron chi connectivity index (χ3n) is 3.72. The van der Waals surface area contributed by atoms with E-state index in [1.165, 1.54) is 5.56 Å². The van der Waals surface area contributed by atoms with Crippen LogP contribution < -0.4 is 5.32 Å². The van der Waals surface area contributed by atoms with Crippen LogP contribution in [0.3, 0.4) is 0 Å². The Labute approximate surface area is 94.8 Å². The molecule has 3 rings (SSSR count). The number of hydrogen-bond donors (Lipinski definition) is 1. The van der Waals surface area contributed by atoms with Crippen LogP contribution >= 0.6 is 0 Å². The van der Waals surface area contributed by atoms with E-state index in [2.05, 4.69) is 11.4 Å². The molecule has 2 nitrogen and oxygen atoms in total. The van der Waals surface area contributed by atoms with Gasteiger partial charge in [-0.2, -0.15) is 0 Å². The number of benzene rings is 1. The highest BCUT2D eigenvalue weighted by Gasteiger charge is 2.45. The Kier molecular flexibility index (Phi) is 2.45. The summed E-state index contributed by atoms with van der Waals surface area (Å²) in [6, 6.07) is 8.07. The van der Waals surface area contributed by atoms with Crippen LogP contribution in [0.1, 0.15) is 30.1 Å². The van der Waals surface area contributed by atoms with Crippen LogP contribution in [0.15, 0.2) is 24.3 Å². The average molecular weight is 221 g/mol. The van der Waals surface area contributed by atoms with Crippen LogP contribution in [0.4, 0.5) is 4.39 Å². The Balaban J connectivity index is 2.04. The highest BCUT2D eigenvalue weighted by Crippen LogP contribution is 2.48. The maximum atomic E-state index is 13.0. The van der Waals surface area contributed by atoms with Gasteiger partial charge < -0.3 is 10.1 Å². The Morgan fingerprint density at radius 2 is 2.06 bits per heavy atom. The van der Waals surface area contributed by atoms with Crippen LogP contribution in [0.2, 0.25) is 0 Å². The van der Waals surface area contributed by atoms with Gasteiger partial charge in [0.15, 0.2) is 0 Å². The second-order valence-electron chi connectivity index (χ2n) is 4.59. The summed E-state index contributed by atoms with van der Waals surface area (Å²) < 4.78 is 19.0. The average Bonchev–Trinajstić information content (AvgIpc) is 2.66. The lowest BCUT2D eigenvalue weighted by Crippen LogP contribution is -2.39. The normalized spacial score (nSPS) is 26.9. The summed E-state index contributed by atoms with van der Waals surface area (Å²) in [6.45, 7) is 1.48. The van der Waals surface area contributed by atoms with Crippen molar-refractivity contribution in [3.05, 3.63) is 35.4 Å². The largest absolute Gasteiger partial charge is 0.360 e. The molecule has 0 radical (unpaired) electrons. The van der Waals surface area contributed by atoms with Crippen molar-refractivity contribution in [2.24, 2.45) is 0 Å². The Morgan fingerprint density at radius 1 is 1.31 bits per heavy atom. The fraction of sp³-hybridized carbons (Fsp3) is 0.538. The smallest absolute Gasteiger partial charge is 0.120 e. The first kappa shape index (κ1) is 10.2. The molecular formula is C13H16FNO. The maximum Gasteiger partial charge on any atom is 0.120 e. The molecule has 1 aromatic carbocycles. The van der Waals surface area contributed by atoms with Gasteiger partial charge in [0.25, 0.3) is 0 Å². The van der Waals surface area contributed by atoms with E-state index in [1.54, 1.807) is 0 Å². The van der Waals surface area contributed by atoms with E-state index in [0.717, 1.165) is 31.5 Å². The molecule has 0 bridgehead atoms. The quantitative estimate of drug-likeness (QED) is 0.785. The Bertz CT molecular complexity index is 387. The number of ether oxygens (including phenoxy) is 1. The molecule has 16 heavy (non-hydrogen) atoms. The van der Waals surface area contributed by atoms with Crippen molar-refractivity contribution in [3.63, 3.8) is 0 Å². The van der Waals surface area contributed by atoms with Gasteiger partial charge in [0, 0.05) is 0 Å². The predicted molar refractivity (Wildman–Crippen MR) is 60.0 cm³/mol. The lowest BCUT2D eigenvalue weighted by atomic mass is 9.84. The molecule has 1 unspecified atom stereocenters. The summed E-state index contributed by atoms with van der Waals surface area (Å²) in [5.41, 5.74) is 2.03. The monoisotopic (exact) mass is 221 g/mol. The fourth-order valence-electron chi connectivity index (χ4n) is 2.92. The minimum atomic E-state index is -0.424. The highest BCUT2D eigenvalue weighted by atomic mass is 19.1. The first-order valence-corrected chi connectivity index (χ1v) is 5.90. The van der Waals surface area contributed by atoms with Gasteiger partial charge in [0.2, 0.25) is 0 Å². The first-order valence-electron chi connectivity index (χ1n) is 5.90. The van der Waals surface area contributed by atoms with Crippen molar-refractivity contribution in [3.8, 4) is 0 Å². The van der Waals surface area contributed by atoms with Gasteiger partial charge in [-0.05, 0) is 37.1 Å². The molecular weight excluding hydrogens is 205 g/mol. The minimum Gasteiger partial charge on any atom is -0.360 e. The van der Waals surface area contributed by atoms with Crippen molar-refractivity contribution < 1.29 is 9.13 Å². The van der Waals surface area contributed by atoms with Gasteiger partial charge >= 0.3 is 0 Å². The lowest BCUT2D eigenvalue weighted by Gasteiger charge is -2.34. The van der Waals surface area contributed by atoms with Crippen molar-refractivity contribution in [1.29, 1.82) is 0 Å². The second kappa shape index (κ2) is 3.82. The van der Waals surface area contributed by atoms with E-state index >= 15 is 0 Å². The summed E-state index contributed by atoms with van der Waals surface area (Å²) in [5.74, 6) is 0. The minimum absolute atomic E-state index is 0.224. The molecule has 0 amide bonds. The third-order valence-corrected chi connectivity index (χ3v) is 3.72. The Hall–Kier alpha value is -0.930. The van der Waals surface area contributed by atoms with Gasteiger partial charge in [0.1, 0.15) is 12.8 Å². The second-order valence-corrected chi connectivity index (χ2v) is 4.59. The molecule has 1 saturated heterocycles. The van der Waals surface area contributed by atoms with E-state index in [1.807, 2.05) is 18.2 Å². The molecule has 0 saturated carbocycles. The number of halogens is 1. The molecule has 0 aliphatic carbocycles. The van der Waals surface area contributed by atoms with Gasteiger partial charge in [-0.15, -0.1) is 0 Å². The maximum absolute atomic E-state index is 13.0. The topological polar surface area (TPSA) is 21.3 Å². The summed E-state index contributed by atoms with van der Waals surface area (Å²) in [4.78, 5) is 0. The predicted octanol–water partition coefficient (Wildman–Crippen LogP) is 2.31. The molecule has 1 atom stereocenters. The molecule has 2 aliphatic heterocycles. The molecule has 1 fully saturated rings. The number of rotatable bonds is 1. The molecule has 3 heteroatoms. The third kappa shape index (κ3) is 1.39. The van der Waals surface area contributed by atoms with E-state index < -0.39 is 6.67 Å². The molecule has 0 aromatic heterocycles. The van der Waals surface area contributed by atoms with Crippen LogP contribution in [0.25, 0.3) is 0 Å². The van der Waals surface area contributed by atoms with Crippen molar-refractivity contribution >= 4 is 0 Å². The fourth-order valence-corrected chi connectivity index (χ4v) is 2.92. The van der Waals surface area contributed by atoms with Gasteiger partial charge in [-0.1, -0.05) is 24.3 Å². The zero-order valence-electron chi connectivity index (χ0n) is 9.21. The summed E-state index contributed by atoms with van der Waals surface area (Å²) in [7, 11) is 0. The van der Waals surface area contributed by atoms with Crippen molar-refractivity contribution in [2.45, 2.75) is 24.5 Å². The molecule has 86 valence electrons. The van der Waals surface area contributed by atoms with Gasteiger partial charge in [-0.25, -0.2) is 4.39 Å². The zero-order chi connectivity index (χ0) is 11.0. The molecule has 2 aliphatic rings. The first-order chi connectivity index (χ1) is 7.86. The van der Waals surface area contributed by atoms with Gasteiger partial charge in [0.05, 0.1) is 5.60 Å². The molecule has 1 spiro atoms. The standard InChI is InChI=1S/C13H16FNO/c14-9-12-10-3-1-2-4-11(10)13(16-12)5-7-15-8-6-13/h1-4,12,15H,5-9H2. The van der Waals surface area contributed by atoms with Crippen LogP contribution in [0.5, 0.6) is 0 Å². The number of nitrogens with one attached hydrogen (secondary N) is 1. The van der Waals surface area contributed by atoms with E-state index in [0.29, 0.717) is 0 Å². The summed E-state index contributed by atoms with van der Waals surface area (Å²) >= 11 is 0. The van der Waals surface area contributed by atoms with Crippen LogP contribution in [-0.2, 0) is 10.3 Å². The van der Waals surface area contributed by atoms with E-state index in [4.69, 9.17) is 4.74 Å². The van der Waals surface area contributed by atoms with Crippen molar-refractivity contribution in [2.75, 3.05) is 19.8 Å². The SMILES string of the molecule is FCC1OC2(CCNCC2)c2ccccc21. The molecule has 1 N–H and O–H groups in total. The van der Waals surface area contributed by atoms with Crippen LogP contribution in [0, 0.1) is 0 Å². The lowest BCUT2D eigenvalue weighted by molar-refractivity contribution is -0.100.